The summed E-state index contributed by atoms with van der Waals surface area (Å²) in [6.45, 7) is 30.7. The number of hydrogen-bond acceptors (Lipinski definition) is 2. The number of aromatic hydroxyl groups is 2. The third-order valence-electron chi connectivity index (χ3n) is 9.38. The average Bonchev–Trinajstić information content (AvgIpc) is 2.95. The quantitative estimate of drug-likeness (QED) is 0.211. The minimum Gasteiger partial charge on any atom is -0.565 e. The molecule has 4 aromatic carbocycles. The van der Waals surface area contributed by atoms with Crippen molar-refractivity contribution in [2.45, 2.75) is 96.4 Å². The topological polar surface area (TPSA) is 40.5 Å². The van der Waals surface area contributed by atoms with Crippen molar-refractivity contribution in [3.63, 3.8) is 0 Å². The summed E-state index contributed by atoms with van der Waals surface area (Å²) in [6.07, 6.45) is 2.92. The fraction of sp³-hybridized carbons (Fsp3) is 0.350. The normalized spacial score (nSPS) is 11.0. The van der Waals surface area contributed by atoms with Crippen molar-refractivity contribution >= 4 is 12.7 Å². The van der Waals surface area contributed by atoms with E-state index in [0.29, 0.717) is 11.5 Å². The second kappa shape index (κ2) is 16.3. The van der Waals surface area contributed by atoms with E-state index in [1.165, 1.54) is 38.9 Å². The Morgan fingerprint density at radius 2 is 0.932 bits per heavy atom. The molecule has 2 nitrogen and oxygen atoms in total. The van der Waals surface area contributed by atoms with Crippen LogP contribution < -0.4 is 10.4 Å². The zero-order chi connectivity index (χ0) is 31.8. The Balaban J connectivity index is 0.000000421. The van der Waals surface area contributed by atoms with Crippen LogP contribution in [0.5, 0.6) is 11.5 Å². The minimum absolute atomic E-state index is 0. The molecule has 0 heterocycles. The molecule has 4 rings (SSSR count). The van der Waals surface area contributed by atoms with Gasteiger partial charge in [0.05, 0.1) is 0 Å². The van der Waals surface area contributed by atoms with Crippen LogP contribution in [0.15, 0.2) is 0 Å². The first kappa shape index (κ1) is 40.5. The molecule has 0 aromatic heterocycles. The van der Waals surface area contributed by atoms with Crippen molar-refractivity contribution in [2.24, 2.45) is 0 Å². The summed E-state index contributed by atoms with van der Waals surface area (Å²) in [5, 5.41) is 22.1. The van der Waals surface area contributed by atoms with Crippen LogP contribution in [0.25, 0.3) is 12.7 Å². The molecule has 0 saturated heterocycles. The Morgan fingerprint density at radius 1 is 0.477 bits per heavy atom. The second-order valence-corrected chi connectivity index (χ2v) is 11.9. The Bertz CT molecular complexity index is 1750. The Hall–Kier alpha value is -1.57. The summed E-state index contributed by atoms with van der Waals surface area (Å²) in [5.41, 5.74) is 17.8. The zero-order valence-electron chi connectivity index (χ0n) is 29.0. The molecule has 0 aliphatic heterocycles. The Labute approximate surface area is 316 Å². The standard InChI is InChI=1S/C20H24O.C20H22O.2Y/c2*1-11-8-18(15(5)14(4)13(11)3)10-19-9-12(2)20(21)17(7)16(19)6;;/h21H,10H2,1-7H3;10,21H,3H2,1-2,4-7H3;;/q2*-2;;. The molecule has 0 aliphatic rings. The number of aryl methyl sites for hydroxylation is 4. The molecule has 0 aliphatic carbocycles. The van der Waals surface area contributed by atoms with Crippen LogP contribution in [-0.4, -0.2) is 10.2 Å². The molecule has 0 amide bonds. The first-order chi connectivity index (χ1) is 19.5. The van der Waals surface area contributed by atoms with Crippen LogP contribution in [0, 0.1) is 114 Å². The van der Waals surface area contributed by atoms with Crippen LogP contribution >= 0.6 is 0 Å². The van der Waals surface area contributed by atoms with Crippen LogP contribution in [0.3, 0.4) is 0 Å². The first-order valence-corrected chi connectivity index (χ1v) is 14.6. The molecule has 0 atom stereocenters. The van der Waals surface area contributed by atoms with Gasteiger partial charge in [-0.05, 0) is 6.42 Å². The summed E-state index contributed by atoms with van der Waals surface area (Å²) in [7, 11) is 0. The van der Waals surface area contributed by atoms with E-state index in [1.807, 2.05) is 41.5 Å². The van der Waals surface area contributed by atoms with Crippen LogP contribution in [0.2, 0.25) is 0 Å². The van der Waals surface area contributed by atoms with Gasteiger partial charge in [0.15, 0.2) is 0 Å². The fourth-order valence-corrected chi connectivity index (χ4v) is 5.33. The van der Waals surface area contributed by atoms with Crippen molar-refractivity contribution in [1.29, 1.82) is 0 Å². The number of benzene rings is 4. The van der Waals surface area contributed by atoms with Crippen molar-refractivity contribution in [1.82, 2.24) is 0 Å². The van der Waals surface area contributed by atoms with E-state index in [4.69, 9.17) is 0 Å². The van der Waals surface area contributed by atoms with Gasteiger partial charge < -0.3 is 10.2 Å². The molecule has 4 aromatic rings. The molecule has 0 unspecified atom stereocenters. The van der Waals surface area contributed by atoms with Gasteiger partial charge >= 0.3 is 0 Å². The molecule has 0 fully saturated rings. The van der Waals surface area contributed by atoms with Crippen molar-refractivity contribution in [3.05, 3.63) is 124 Å². The summed E-state index contributed by atoms with van der Waals surface area (Å²) >= 11 is 0. The number of phenols is 2. The van der Waals surface area contributed by atoms with E-state index in [-0.39, 0.29) is 65.4 Å². The van der Waals surface area contributed by atoms with Gasteiger partial charge in [0, 0.05) is 76.9 Å². The van der Waals surface area contributed by atoms with Crippen molar-refractivity contribution < 1.29 is 75.6 Å². The molecular weight excluding hydrogens is 690 g/mol. The molecular formula is C40H46O2Y2-4. The summed E-state index contributed by atoms with van der Waals surface area (Å²) in [6, 6.07) is 13.6. The fourth-order valence-electron chi connectivity index (χ4n) is 5.33. The predicted octanol–water partition coefficient (Wildman–Crippen LogP) is 7.82. The first-order valence-electron chi connectivity index (χ1n) is 14.6. The summed E-state index contributed by atoms with van der Waals surface area (Å²) in [4.78, 5) is 0. The largest absolute Gasteiger partial charge is 0.565 e. The zero-order valence-corrected chi connectivity index (χ0v) is 34.7. The van der Waals surface area contributed by atoms with Gasteiger partial charge in [0.2, 0.25) is 0 Å². The van der Waals surface area contributed by atoms with E-state index >= 15 is 0 Å². The van der Waals surface area contributed by atoms with E-state index in [9.17, 15) is 10.2 Å². The monoisotopic (exact) mass is 736 g/mol. The Kier molecular flexibility index (Phi) is 15.0. The minimum atomic E-state index is 0. The second-order valence-electron chi connectivity index (χ2n) is 11.9. The van der Waals surface area contributed by atoms with Gasteiger partial charge in [0.1, 0.15) is 0 Å². The van der Waals surface area contributed by atoms with Gasteiger partial charge in [0.25, 0.3) is 0 Å². The van der Waals surface area contributed by atoms with Crippen LogP contribution in [0.1, 0.15) is 89.0 Å². The molecule has 44 heavy (non-hydrogen) atoms. The molecule has 0 bridgehead atoms. The van der Waals surface area contributed by atoms with Crippen LogP contribution in [-0.2, 0) is 71.8 Å². The van der Waals surface area contributed by atoms with Gasteiger partial charge in [-0.1, -0.05) is 101 Å². The predicted molar refractivity (Wildman–Crippen MR) is 177 cm³/mol. The molecule has 0 spiro atoms. The maximum atomic E-state index is 10.0. The summed E-state index contributed by atoms with van der Waals surface area (Å²) in [5.74, 6) is 0.707. The smallest absolute Gasteiger partial charge is 0.0380 e. The maximum absolute atomic E-state index is 10.0. The van der Waals surface area contributed by atoms with E-state index in [1.54, 1.807) is 0 Å². The molecule has 228 valence electrons. The molecule has 2 N–H and O–H groups in total. The van der Waals surface area contributed by atoms with E-state index < -0.39 is 0 Å². The maximum Gasteiger partial charge on any atom is 0.0380 e. The number of hydrogen-bond donors (Lipinski definition) is 2. The van der Waals surface area contributed by atoms with Crippen molar-refractivity contribution in [3.8, 4) is 11.5 Å². The molecule has 4 heteroatoms. The van der Waals surface area contributed by atoms with Gasteiger partial charge in [-0.3, -0.25) is 0 Å². The number of phenolic OH excluding ortho intramolecular Hbond substituents is 2. The number of rotatable bonds is 3. The van der Waals surface area contributed by atoms with E-state index in [2.05, 4.69) is 85.4 Å². The van der Waals surface area contributed by atoms with E-state index in [0.717, 1.165) is 66.9 Å². The third-order valence-corrected chi connectivity index (χ3v) is 9.38. The van der Waals surface area contributed by atoms with Gasteiger partial charge in [-0.25, -0.2) is 0 Å². The third kappa shape index (κ3) is 8.41. The molecule has 2 radical (unpaired) electrons. The van der Waals surface area contributed by atoms with Crippen LogP contribution in [0.4, 0.5) is 0 Å². The molecule has 0 saturated carbocycles. The average molecular weight is 737 g/mol. The SMILES string of the molecule is C=c1c(C)[c-]c(=Cc2[c-]c(C)c(O)c(C)c2C)c(C)c1C.Cc1[c-]c(Cc2[c-]c(C)c(O)c(C)c2C)c(C)c(C)c1C.[Y].[Y]. The van der Waals surface area contributed by atoms with Gasteiger partial charge in [-0.15, -0.1) is 79.7 Å². The Morgan fingerprint density at radius 3 is 1.48 bits per heavy atom. The van der Waals surface area contributed by atoms with Gasteiger partial charge in [-0.2, -0.15) is 45.5 Å². The summed E-state index contributed by atoms with van der Waals surface area (Å²) < 4.78 is 0. The van der Waals surface area contributed by atoms with Crippen molar-refractivity contribution in [2.75, 3.05) is 0 Å².